The van der Waals surface area contributed by atoms with Gasteiger partial charge in [0.05, 0.1) is 5.41 Å². The molecule has 16 heavy (non-hydrogen) atoms. The van der Waals surface area contributed by atoms with Crippen LogP contribution in [0.4, 0.5) is 0 Å². The summed E-state index contributed by atoms with van der Waals surface area (Å²) in [6.07, 6.45) is 7.20. The molecule has 4 heteroatoms. The van der Waals surface area contributed by atoms with Crippen molar-refractivity contribution in [2.24, 2.45) is 17.1 Å². The highest BCUT2D eigenvalue weighted by atomic mass is 35.5. The molecule has 1 saturated carbocycles. The molecule has 0 aromatic heterocycles. The Kier molecular flexibility index (Phi) is 6.34. The van der Waals surface area contributed by atoms with E-state index in [1.807, 2.05) is 0 Å². The summed E-state index contributed by atoms with van der Waals surface area (Å²) in [5.74, 6) is -0.141. The number of nitrogens with two attached hydrogens (primary N) is 1. The van der Waals surface area contributed by atoms with Gasteiger partial charge in [0, 0.05) is 6.04 Å². The fourth-order valence-electron chi connectivity index (χ4n) is 2.24. The molecule has 0 saturated heterocycles. The molecule has 1 unspecified atom stereocenters. The van der Waals surface area contributed by atoms with Crippen LogP contribution in [0.3, 0.4) is 0 Å². The standard InChI is InChI=1S/C12H23NO2.ClH/c1-12(2,11(14)15)10(13)8-9-6-4-3-5-7-9;/h9-10H,3-8,13H2,1-2H3,(H,14,15);1H. The van der Waals surface area contributed by atoms with Crippen LogP contribution in [0.25, 0.3) is 0 Å². The zero-order chi connectivity index (χ0) is 11.5. The molecule has 0 bridgehead atoms. The van der Waals surface area contributed by atoms with Crippen molar-refractivity contribution in [2.75, 3.05) is 0 Å². The maximum atomic E-state index is 11.0. The van der Waals surface area contributed by atoms with Gasteiger partial charge in [-0.2, -0.15) is 0 Å². The van der Waals surface area contributed by atoms with E-state index in [1.165, 1.54) is 32.1 Å². The van der Waals surface area contributed by atoms with Crippen LogP contribution in [0.5, 0.6) is 0 Å². The average Bonchev–Trinajstić information content (AvgIpc) is 2.18. The number of halogens is 1. The Bertz CT molecular complexity index is 225. The van der Waals surface area contributed by atoms with Gasteiger partial charge in [0.15, 0.2) is 0 Å². The lowest BCUT2D eigenvalue weighted by Crippen LogP contribution is -2.44. The van der Waals surface area contributed by atoms with Gasteiger partial charge in [0.25, 0.3) is 0 Å². The van der Waals surface area contributed by atoms with Crippen LogP contribution in [0.15, 0.2) is 0 Å². The highest BCUT2D eigenvalue weighted by Crippen LogP contribution is 2.31. The minimum atomic E-state index is -0.794. The van der Waals surface area contributed by atoms with E-state index in [2.05, 4.69) is 0 Å². The molecule has 3 N–H and O–H groups in total. The lowest BCUT2D eigenvalue weighted by Gasteiger charge is -2.31. The molecule has 1 aliphatic rings. The van der Waals surface area contributed by atoms with Crippen LogP contribution < -0.4 is 5.73 Å². The molecule has 0 heterocycles. The van der Waals surface area contributed by atoms with Gasteiger partial charge in [-0.05, 0) is 26.2 Å². The van der Waals surface area contributed by atoms with Crippen LogP contribution in [-0.4, -0.2) is 17.1 Å². The van der Waals surface area contributed by atoms with E-state index in [-0.39, 0.29) is 18.4 Å². The SMILES string of the molecule is CC(C)(C(=O)O)C(N)CC1CCCCC1.Cl. The molecule has 1 aliphatic carbocycles. The molecule has 1 atom stereocenters. The Labute approximate surface area is 104 Å². The van der Waals surface area contributed by atoms with Crippen LogP contribution in [0.1, 0.15) is 52.4 Å². The van der Waals surface area contributed by atoms with Crippen molar-refractivity contribution >= 4 is 18.4 Å². The van der Waals surface area contributed by atoms with Crippen molar-refractivity contribution in [3.8, 4) is 0 Å². The third-order valence-electron chi connectivity index (χ3n) is 3.79. The molecular weight excluding hydrogens is 226 g/mol. The molecule has 0 radical (unpaired) electrons. The van der Waals surface area contributed by atoms with Crippen LogP contribution in [0.2, 0.25) is 0 Å². The van der Waals surface area contributed by atoms with E-state index >= 15 is 0 Å². The maximum absolute atomic E-state index is 11.0. The number of hydrogen-bond acceptors (Lipinski definition) is 2. The second-order valence-corrected chi connectivity index (χ2v) is 5.37. The Morgan fingerprint density at radius 1 is 1.38 bits per heavy atom. The largest absolute Gasteiger partial charge is 0.481 e. The molecule has 1 fully saturated rings. The van der Waals surface area contributed by atoms with Gasteiger partial charge < -0.3 is 10.8 Å². The van der Waals surface area contributed by atoms with E-state index in [1.54, 1.807) is 13.8 Å². The van der Waals surface area contributed by atoms with E-state index in [9.17, 15) is 4.79 Å². The second kappa shape index (κ2) is 6.45. The molecule has 0 spiro atoms. The number of carbonyl (C=O) groups is 1. The Hall–Kier alpha value is -0.280. The van der Waals surface area contributed by atoms with Gasteiger partial charge in [-0.1, -0.05) is 32.1 Å². The minimum absolute atomic E-state index is 0. The first kappa shape index (κ1) is 15.7. The summed E-state index contributed by atoms with van der Waals surface area (Å²) in [5, 5.41) is 9.06. The van der Waals surface area contributed by atoms with Gasteiger partial charge >= 0.3 is 5.97 Å². The predicted molar refractivity (Wildman–Crippen MR) is 67.8 cm³/mol. The van der Waals surface area contributed by atoms with Gasteiger partial charge in [-0.25, -0.2) is 0 Å². The van der Waals surface area contributed by atoms with E-state index in [4.69, 9.17) is 10.8 Å². The van der Waals surface area contributed by atoms with Crippen LogP contribution >= 0.6 is 12.4 Å². The summed E-state index contributed by atoms with van der Waals surface area (Å²) in [7, 11) is 0. The molecule has 0 aromatic rings. The third kappa shape index (κ3) is 3.95. The molecule has 3 nitrogen and oxygen atoms in total. The summed E-state index contributed by atoms with van der Waals surface area (Å²) in [6, 6.07) is -0.224. The smallest absolute Gasteiger partial charge is 0.310 e. The summed E-state index contributed by atoms with van der Waals surface area (Å²) >= 11 is 0. The number of carboxylic acids is 1. The Balaban J connectivity index is 0.00000225. The van der Waals surface area contributed by atoms with Crippen molar-refractivity contribution in [1.82, 2.24) is 0 Å². The van der Waals surface area contributed by atoms with Crippen molar-refractivity contribution in [3.05, 3.63) is 0 Å². The van der Waals surface area contributed by atoms with E-state index in [0.29, 0.717) is 5.92 Å². The fourth-order valence-corrected chi connectivity index (χ4v) is 2.24. The van der Waals surface area contributed by atoms with Crippen molar-refractivity contribution < 1.29 is 9.90 Å². The first-order valence-corrected chi connectivity index (χ1v) is 5.93. The maximum Gasteiger partial charge on any atom is 0.310 e. The molecule has 0 aliphatic heterocycles. The van der Waals surface area contributed by atoms with Crippen LogP contribution in [0, 0.1) is 11.3 Å². The zero-order valence-electron chi connectivity index (χ0n) is 10.2. The fraction of sp³-hybridized carbons (Fsp3) is 0.917. The third-order valence-corrected chi connectivity index (χ3v) is 3.79. The quantitative estimate of drug-likeness (QED) is 0.805. The normalized spacial score (nSPS) is 19.9. The lowest BCUT2D eigenvalue weighted by molar-refractivity contribution is -0.148. The number of carboxylic acid groups (broad SMARTS) is 1. The zero-order valence-corrected chi connectivity index (χ0v) is 11.1. The lowest BCUT2D eigenvalue weighted by atomic mass is 9.76. The topological polar surface area (TPSA) is 63.3 Å². The Morgan fingerprint density at radius 3 is 2.31 bits per heavy atom. The summed E-state index contributed by atoms with van der Waals surface area (Å²) < 4.78 is 0. The average molecular weight is 250 g/mol. The van der Waals surface area contributed by atoms with E-state index < -0.39 is 11.4 Å². The van der Waals surface area contributed by atoms with Crippen LogP contribution in [-0.2, 0) is 4.79 Å². The summed E-state index contributed by atoms with van der Waals surface area (Å²) in [4.78, 5) is 11.0. The number of rotatable bonds is 4. The molecule has 1 rings (SSSR count). The van der Waals surface area contributed by atoms with Crippen molar-refractivity contribution in [1.29, 1.82) is 0 Å². The molecule has 0 aromatic carbocycles. The second-order valence-electron chi connectivity index (χ2n) is 5.37. The summed E-state index contributed by atoms with van der Waals surface area (Å²) in [6.45, 7) is 3.45. The predicted octanol–water partition coefficient (Wildman–Crippen LogP) is 2.82. The first-order valence-electron chi connectivity index (χ1n) is 5.93. The number of aliphatic carboxylic acids is 1. The monoisotopic (exact) mass is 249 g/mol. The van der Waals surface area contributed by atoms with Gasteiger partial charge in [0.2, 0.25) is 0 Å². The number of hydrogen-bond donors (Lipinski definition) is 2. The molecule has 0 amide bonds. The first-order chi connectivity index (χ1) is 6.94. The highest BCUT2D eigenvalue weighted by molar-refractivity contribution is 5.85. The van der Waals surface area contributed by atoms with Crippen molar-refractivity contribution in [2.45, 2.75) is 58.4 Å². The minimum Gasteiger partial charge on any atom is -0.481 e. The van der Waals surface area contributed by atoms with E-state index in [0.717, 1.165) is 6.42 Å². The highest BCUT2D eigenvalue weighted by Gasteiger charge is 2.35. The van der Waals surface area contributed by atoms with Gasteiger partial charge in [-0.3, -0.25) is 4.79 Å². The Morgan fingerprint density at radius 2 is 1.88 bits per heavy atom. The van der Waals surface area contributed by atoms with Gasteiger partial charge in [0.1, 0.15) is 0 Å². The molecular formula is C12H24ClNO2. The van der Waals surface area contributed by atoms with Crippen molar-refractivity contribution in [3.63, 3.8) is 0 Å². The summed E-state index contributed by atoms with van der Waals surface area (Å²) in [5.41, 5.74) is 5.21. The molecule has 96 valence electrons. The van der Waals surface area contributed by atoms with Gasteiger partial charge in [-0.15, -0.1) is 12.4 Å².